The smallest absolute Gasteiger partial charge is 0.223 e. The molecule has 0 bridgehead atoms. The molecule has 1 aromatic carbocycles. The number of ketones is 1. The number of Topliss-reactive ketones (excluding diaryl/α,β-unsaturated/α-hetero) is 1. The summed E-state index contributed by atoms with van der Waals surface area (Å²) >= 11 is 0. The summed E-state index contributed by atoms with van der Waals surface area (Å²) in [6.45, 7) is 8.29. The molecule has 0 radical (unpaired) electrons. The topological polar surface area (TPSA) is 58.6 Å². The Bertz CT molecular complexity index is 549. The van der Waals surface area contributed by atoms with Crippen LogP contribution in [-0.4, -0.2) is 49.4 Å². The fourth-order valence-electron chi connectivity index (χ4n) is 3.16. The molecule has 1 heterocycles. The van der Waals surface area contributed by atoms with Gasteiger partial charge in [-0.05, 0) is 63.0 Å². The fraction of sp³-hybridized carbons (Fsp3) is 0.600. The minimum absolute atomic E-state index is 0.0124. The van der Waals surface area contributed by atoms with E-state index in [9.17, 15) is 9.59 Å². The number of carbonyl (C=O) groups excluding carboxylic acids is 2. The van der Waals surface area contributed by atoms with E-state index in [1.54, 1.807) is 24.3 Å². The van der Waals surface area contributed by atoms with Crippen LogP contribution in [0.3, 0.4) is 0 Å². The van der Waals surface area contributed by atoms with Crippen LogP contribution in [0, 0.1) is 5.92 Å². The molecular weight excluding hydrogens is 316 g/mol. The van der Waals surface area contributed by atoms with Gasteiger partial charge in [0.25, 0.3) is 0 Å². The first-order chi connectivity index (χ1) is 12.1. The maximum atomic E-state index is 12.3. The first-order valence-electron chi connectivity index (χ1n) is 9.38. The van der Waals surface area contributed by atoms with E-state index in [2.05, 4.69) is 12.2 Å². The number of carbonyl (C=O) groups is 2. The molecule has 1 fully saturated rings. The highest BCUT2D eigenvalue weighted by Gasteiger charge is 2.22. The van der Waals surface area contributed by atoms with Crippen LogP contribution in [0.1, 0.15) is 49.9 Å². The predicted octanol–water partition coefficient (Wildman–Crippen LogP) is 2.90. The average Bonchev–Trinajstić information content (AvgIpc) is 2.65. The van der Waals surface area contributed by atoms with Gasteiger partial charge in [0.05, 0.1) is 6.61 Å². The lowest BCUT2D eigenvalue weighted by Gasteiger charge is -2.32. The predicted molar refractivity (Wildman–Crippen MR) is 99.0 cm³/mol. The summed E-state index contributed by atoms with van der Waals surface area (Å²) < 4.78 is 5.37. The van der Waals surface area contributed by atoms with Gasteiger partial charge in [0.1, 0.15) is 5.75 Å². The van der Waals surface area contributed by atoms with Crippen molar-refractivity contribution >= 4 is 11.7 Å². The number of nitrogens with one attached hydrogen (secondary N) is 1. The average molecular weight is 346 g/mol. The molecule has 1 aliphatic rings. The highest BCUT2D eigenvalue weighted by Crippen LogP contribution is 2.18. The molecule has 1 amide bonds. The van der Waals surface area contributed by atoms with Crippen LogP contribution in [0.4, 0.5) is 0 Å². The Morgan fingerprint density at radius 2 is 1.80 bits per heavy atom. The molecule has 0 spiro atoms. The molecule has 5 nitrogen and oxygen atoms in total. The Kier molecular flexibility index (Phi) is 7.92. The van der Waals surface area contributed by atoms with Gasteiger partial charge in [-0.15, -0.1) is 0 Å². The SMILES string of the molecule is CCNCC1CCN(C(=O)CCC(=O)c2ccc(OCC)cc2)CC1. The minimum Gasteiger partial charge on any atom is -0.494 e. The minimum atomic E-state index is 0.0124. The molecule has 138 valence electrons. The summed E-state index contributed by atoms with van der Waals surface area (Å²) in [7, 11) is 0. The maximum absolute atomic E-state index is 12.3. The highest BCUT2D eigenvalue weighted by molar-refractivity contribution is 5.98. The molecule has 0 aliphatic carbocycles. The third kappa shape index (κ3) is 6.16. The lowest BCUT2D eigenvalue weighted by atomic mass is 9.96. The zero-order valence-corrected chi connectivity index (χ0v) is 15.4. The molecule has 0 unspecified atom stereocenters. The van der Waals surface area contributed by atoms with Crippen LogP contribution in [0.15, 0.2) is 24.3 Å². The number of hydrogen-bond acceptors (Lipinski definition) is 4. The fourth-order valence-corrected chi connectivity index (χ4v) is 3.16. The third-order valence-electron chi connectivity index (χ3n) is 4.70. The van der Waals surface area contributed by atoms with Crippen LogP contribution in [-0.2, 0) is 4.79 Å². The molecule has 1 saturated heterocycles. The largest absolute Gasteiger partial charge is 0.494 e. The molecule has 25 heavy (non-hydrogen) atoms. The van der Waals surface area contributed by atoms with Gasteiger partial charge in [0, 0.05) is 31.5 Å². The second kappa shape index (κ2) is 10.2. The van der Waals surface area contributed by atoms with E-state index in [0.717, 1.165) is 44.8 Å². The summed E-state index contributed by atoms with van der Waals surface area (Å²) in [5.74, 6) is 1.53. The third-order valence-corrected chi connectivity index (χ3v) is 4.70. The molecule has 1 N–H and O–H groups in total. The standard InChI is InChI=1S/C20H30N2O3/c1-3-21-15-16-11-13-22(14-12-16)20(24)10-9-19(23)17-5-7-18(8-6-17)25-4-2/h5-8,16,21H,3-4,9-15H2,1-2H3. The lowest BCUT2D eigenvalue weighted by Crippen LogP contribution is -2.40. The number of rotatable bonds is 9. The van der Waals surface area contributed by atoms with Gasteiger partial charge in [-0.3, -0.25) is 9.59 Å². The van der Waals surface area contributed by atoms with Gasteiger partial charge in [-0.1, -0.05) is 6.92 Å². The van der Waals surface area contributed by atoms with Crippen molar-refractivity contribution < 1.29 is 14.3 Å². The van der Waals surface area contributed by atoms with Crippen molar-refractivity contribution in [3.63, 3.8) is 0 Å². The summed E-state index contributed by atoms with van der Waals surface area (Å²) in [6, 6.07) is 7.13. The van der Waals surface area contributed by atoms with Crippen molar-refractivity contribution in [1.82, 2.24) is 10.2 Å². The monoisotopic (exact) mass is 346 g/mol. The van der Waals surface area contributed by atoms with Crippen molar-refractivity contribution in [2.75, 3.05) is 32.8 Å². The first-order valence-corrected chi connectivity index (χ1v) is 9.38. The molecule has 2 rings (SSSR count). The van der Waals surface area contributed by atoms with Gasteiger partial charge in [0.15, 0.2) is 5.78 Å². The van der Waals surface area contributed by atoms with Crippen molar-refractivity contribution in [2.24, 2.45) is 5.92 Å². The molecule has 0 aromatic heterocycles. The molecule has 1 aliphatic heterocycles. The number of ether oxygens (including phenoxy) is 1. The maximum Gasteiger partial charge on any atom is 0.223 e. The molecule has 0 atom stereocenters. The van der Waals surface area contributed by atoms with Crippen molar-refractivity contribution in [3.8, 4) is 5.75 Å². The van der Waals surface area contributed by atoms with Crippen LogP contribution in [0.25, 0.3) is 0 Å². The van der Waals surface area contributed by atoms with E-state index >= 15 is 0 Å². The van der Waals surface area contributed by atoms with Crippen LogP contribution < -0.4 is 10.1 Å². The zero-order chi connectivity index (χ0) is 18.1. The van der Waals surface area contributed by atoms with Gasteiger partial charge in [-0.25, -0.2) is 0 Å². The van der Waals surface area contributed by atoms with Gasteiger partial charge >= 0.3 is 0 Å². The van der Waals surface area contributed by atoms with Crippen molar-refractivity contribution in [2.45, 2.75) is 39.5 Å². The Labute approximate surface area is 150 Å². The van der Waals surface area contributed by atoms with Crippen LogP contribution in [0.2, 0.25) is 0 Å². The Balaban J connectivity index is 1.73. The number of benzene rings is 1. The Morgan fingerprint density at radius 1 is 1.12 bits per heavy atom. The second-order valence-electron chi connectivity index (χ2n) is 6.51. The number of likely N-dealkylation sites (tertiary alicyclic amines) is 1. The van der Waals surface area contributed by atoms with E-state index in [-0.39, 0.29) is 18.1 Å². The van der Waals surface area contributed by atoms with E-state index in [0.29, 0.717) is 24.5 Å². The van der Waals surface area contributed by atoms with E-state index in [4.69, 9.17) is 4.74 Å². The second-order valence-corrected chi connectivity index (χ2v) is 6.51. The zero-order valence-electron chi connectivity index (χ0n) is 15.4. The molecule has 0 saturated carbocycles. The Hall–Kier alpha value is -1.88. The highest BCUT2D eigenvalue weighted by atomic mass is 16.5. The number of hydrogen-bond donors (Lipinski definition) is 1. The molecule has 5 heteroatoms. The lowest BCUT2D eigenvalue weighted by molar-refractivity contribution is -0.132. The summed E-state index contributed by atoms with van der Waals surface area (Å²) in [6.07, 6.45) is 2.66. The van der Waals surface area contributed by atoms with Crippen LogP contribution in [0.5, 0.6) is 5.75 Å². The summed E-state index contributed by atoms with van der Waals surface area (Å²) in [4.78, 5) is 26.5. The van der Waals surface area contributed by atoms with E-state index in [1.165, 1.54) is 0 Å². The number of piperidine rings is 1. The quantitative estimate of drug-likeness (QED) is 0.699. The van der Waals surface area contributed by atoms with Crippen LogP contribution >= 0.6 is 0 Å². The normalized spacial score (nSPS) is 15.2. The summed E-state index contributed by atoms with van der Waals surface area (Å²) in [5, 5.41) is 3.38. The number of amides is 1. The molecule has 1 aromatic rings. The van der Waals surface area contributed by atoms with Gasteiger partial charge in [0.2, 0.25) is 5.91 Å². The van der Waals surface area contributed by atoms with E-state index < -0.39 is 0 Å². The van der Waals surface area contributed by atoms with E-state index in [1.807, 2.05) is 11.8 Å². The van der Waals surface area contributed by atoms with Gasteiger partial charge in [-0.2, -0.15) is 0 Å². The van der Waals surface area contributed by atoms with Crippen molar-refractivity contribution in [3.05, 3.63) is 29.8 Å². The first kappa shape index (κ1) is 19.4. The van der Waals surface area contributed by atoms with Crippen molar-refractivity contribution in [1.29, 1.82) is 0 Å². The van der Waals surface area contributed by atoms with Gasteiger partial charge < -0.3 is 15.0 Å². The molecular formula is C20H30N2O3. The summed E-state index contributed by atoms with van der Waals surface area (Å²) in [5.41, 5.74) is 0.639. The Morgan fingerprint density at radius 3 is 2.40 bits per heavy atom. The number of nitrogens with zero attached hydrogens (tertiary/aromatic N) is 1.